The molecule has 144 valence electrons. The molecule has 0 unspecified atom stereocenters. The first-order valence-corrected chi connectivity index (χ1v) is 8.68. The number of benzene rings is 2. The van der Waals surface area contributed by atoms with Crippen LogP contribution in [0.4, 0.5) is 0 Å². The van der Waals surface area contributed by atoms with E-state index in [1.54, 1.807) is 43.5 Å². The van der Waals surface area contributed by atoms with Gasteiger partial charge in [0.05, 0.1) is 7.11 Å². The van der Waals surface area contributed by atoms with Crippen molar-refractivity contribution in [2.24, 2.45) is 0 Å². The van der Waals surface area contributed by atoms with Crippen LogP contribution in [-0.4, -0.2) is 42.2 Å². The highest BCUT2D eigenvalue weighted by Gasteiger charge is 2.16. The summed E-state index contributed by atoms with van der Waals surface area (Å²) in [7, 11) is 1.58. The van der Waals surface area contributed by atoms with Crippen molar-refractivity contribution >= 4 is 11.8 Å². The predicted molar refractivity (Wildman–Crippen MR) is 102 cm³/mol. The van der Waals surface area contributed by atoms with Gasteiger partial charge in [0.15, 0.2) is 0 Å². The number of aryl methyl sites for hydroxylation is 1. The molecule has 0 aliphatic rings. The molecule has 1 aromatic heterocycles. The maximum Gasteiger partial charge on any atom is 0.316 e. The number of amides is 2. The molecule has 0 bridgehead atoms. The van der Waals surface area contributed by atoms with Crippen molar-refractivity contribution in [1.82, 2.24) is 20.8 Å². The van der Waals surface area contributed by atoms with Gasteiger partial charge in [0.2, 0.25) is 5.82 Å². The van der Waals surface area contributed by atoms with Crippen LogP contribution in [-0.2, 0) is 0 Å². The lowest BCUT2D eigenvalue weighted by Crippen LogP contribution is -2.35. The maximum atomic E-state index is 12.1. The van der Waals surface area contributed by atoms with Gasteiger partial charge in [-0.15, -0.1) is 0 Å². The number of aromatic nitrogens is 2. The fourth-order valence-corrected chi connectivity index (χ4v) is 2.52. The molecule has 8 heteroatoms. The second kappa shape index (κ2) is 8.81. The average Bonchev–Trinajstić information content (AvgIpc) is 3.21. The largest absolute Gasteiger partial charge is 0.497 e. The smallest absolute Gasteiger partial charge is 0.316 e. The number of nitrogens with zero attached hydrogens (tertiary/aromatic N) is 2. The summed E-state index contributed by atoms with van der Waals surface area (Å²) >= 11 is 0. The molecule has 3 rings (SSSR count). The molecule has 0 aliphatic carbocycles. The van der Waals surface area contributed by atoms with Crippen LogP contribution in [0.5, 0.6) is 5.75 Å². The second-order valence-electron chi connectivity index (χ2n) is 5.98. The van der Waals surface area contributed by atoms with E-state index < -0.39 is 5.91 Å². The van der Waals surface area contributed by atoms with E-state index in [1.807, 2.05) is 19.1 Å². The zero-order chi connectivity index (χ0) is 19.9. The minimum absolute atomic E-state index is 0.143. The van der Waals surface area contributed by atoms with Crippen LogP contribution < -0.4 is 15.4 Å². The quantitative estimate of drug-likeness (QED) is 0.609. The molecule has 8 nitrogen and oxygen atoms in total. The first-order chi connectivity index (χ1) is 13.6. The van der Waals surface area contributed by atoms with Gasteiger partial charge in [0.25, 0.3) is 5.91 Å². The van der Waals surface area contributed by atoms with E-state index in [0.29, 0.717) is 22.7 Å². The van der Waals surface area contributed by atoms with E-state index in [4.69, 9.17) is 9.26 Å². The van der Waals surface area contributed by atoms with Gasteiger partial charge in [-0.05, 0) is 42.8 Å². The fraction of sp³-hybridized carbons (Fsp3) is 0.200. The molecule has 0 atom stereocenters. The zero-order valence-corrected chi connectivity index (χ0v) is 15.6. The van der Waals surface area contributed by atoms with E-state index in [9.17, 15) is 9.59 Å². The van der Waals surface area contributed by atoms with Gasteiger partial charge < -0.3 is 19.9 Å². The summed E-state index contributed by atoms with van der Waals surface area (Å²) < 4.78 is 10.1. The van der Waals surface area contributed by atoms with E-state index in [-0.39, 0.29) is 24.9 Å². The van der Waals surface area contributed by atoms with E-state index in [2.05, 4.69) is 20.8 Å². The molecular formula is C20H20N4O4. The van der Waals surface area contributed by atoms with Gasteiger partial charge in [-0.2, -0.15) is 4.98 Å². The maximum absolute atomic E-state index is 12.1. The number of methoxy groups -OCH3 is 1. The lowest BCUT2D eigenvalue weighted by atomic mass is 10.1. The topological polar surface area (TPSA) is 106 Å². The van der Waals surface area contributed by atoms with E-state index >= 15 is 0 Å². The Bertz CT molecular complexity index is 966. The monoisotopic (exact) mass is 380 g/mol. The van der Waals surface area contributed by atoms with Crippen molar-refractivity contribution < 1.29 is 18.8 Å². The van der Waals surface area contributed by atoms with Gasteiger partial charge in [0, 0.05) is 24.2 Å². The first-order valence-electron chi connectivity index (χ1n) is 8.68. The third kappa shape index (κ3) is 4.53. The number of rotatable bonds is 7. The zero-order valence-electron chi connectivity index (χ0n) is 15.6. The molecule has 2 amide bonds. The van der Waals surface area contributed by atoms with Gasteiger partial charge in [-0.25, -0.2) is 0 Å². The van der Waals surface area contributed by atoms with Crippen molar-refractivity contribution in [1.29, 1.82) is 0 Å². The number of ether oxygens (including phenoxy) is 1. The molecule has 0 saturated heterocycles. The van der Waals surface area contributed by atoms with E-state index in [1.165, 1.54) is 0 Å². The predicted octanol–water partition coefficient (Wildman–Crippen LogP) is 2.21. The Labute approximate surface area is 161 Å². The van der Waals surface area contributed by atoms with Crippen LogP contribution in [0.2, 0.25) is 0 Å². The highest BCUT2D eigenvalue weighted by atomic mass is 16.5. The van der Waals surface area contributed by atoms with Gasteiger partial charge in [-0.3, -0.25) is 9.59 Å². The van der Waals surface area contributed by atoms with Crippen LogP contribution in [0.15, 0.2) is 53.1 Å². The van der Waals surface area contributed by atoms with Crippen LogP contribution in [0, 0.1) is 6.92 Å². The standard InChI is InChI=1S/C20H20N4O4/c1-13-5-3-4-6-16(13)18(25)21-11-12-22-19(26)20-23-17(24-28-20)14-7-9-15(27-2)10-8-14/h3-10H,11-12H2,1-2H3,(H,21,25)(H,22,26). The Kier molecular flexibility index (Phi) is 6.01. The SMILES string of the molecule is COc1ccc(-c2noc(C(=O)NCCNC(=O)c3ccccc3C)n2)cc1. The summed E-state index contributed by atoms with van der Waals surface area (Å²) in [6.45, 7) is 2.38. The summed E-state index contributed by atoms with van der Waals surface area (Å²) in [5, 5.41) is 9.20. The van der Waals surface area contributed by atoms with Gasteiger partial charge in [-0.1, -0.05) is 23.4 Å². The number of nitrogens with one attached hydrogen (secondary N) is 2. The van der Waals surface area contributed by atoms with Crippen molar-refractivity contribution in [2.75, 3.05) is 20.2 Å². The molecule has 2 aromatic carbocycles. The molecule has 0 spiro atoms. The van der Waals surface area contributed by atoms with Crippen LogP contribution in [0.3, 0.4) is 0 Å². The fourth-order valence-electron chi connectivity index (χ4n) is 2.52. The minimum atomic E-state index is -0.502. The van der Waals surface area contributed by atoms with E-state index in [0.717, 1.165) is 5.56 Å². The molecular weight excluding hydrogens is 360 g/mol. The molecule has 0 radical (unpaired) electrons. The summed E-state index contributed by atoms with van der Waals surface area (Å²) in [5.74, 6) is 0.180. The van der Waals surface area contributed by atoms with Crippen molar-refractivity contribution in [3.05, 3.63) is 65.5 Å². The summed E-state index contributed by atoms with van der Waals surface area (Å²) in [6.07, 6.45) is 0. The van der Waals surface area contributed by atoms with Gasteiger partial charge >= 0.3 is 11.8 Å². The van der Waals surface area contributed by atoms with Crippen molar-refractivity contribution in [3.63, 3.8) is 0 Å². The number of hydrogen-bond acceptors (Lipinski definition) is 6. The second-order valence-corrected chi connectivity index (χ2v) is 5.98. The summed E-state index contributed by atoms with van der Waals surface area (Å²) in [4.78, 5) is 28.3. The highest BCUT2D eigenvalue weighted by molar-refractivity contribution is 5.95. The van der Waals surface area contributed by atoms with Gasteiger partial charge in [0.1, 0.15) is 5.75 Å². The third-order valence-corrected chi connectivity index (χ3v) is 4.05. The summed E-state index contributed by atoms with van der Waals surface area (Å²) in [6, 6.07) is 14.4. The molecule has 28 heavy (non-hydrogen) atoms. The normalized spacial score (nSPS) is 10.4. The lowest BCUT2D eigenvalue weighted by Gasteiger charge is -2.07. The molecule has 1 heterocycles. The molecule has 2 N–H and O–H groups in total. The van der Waals surface area contributed by atoms with Crippen LogP contribution in [0.25, 0.3) is 11.4 Å². The number of carbonyl (C=O) groups is 2. The third-order valence-electron chi connectivity index (χ3n) is 4.05. The average molecular weight is 380 g/mol. The Morgan fingerprint density at radius 1 is 1.00 bits per heavy atom. The summed E-state index contributed by atoms with van der Waals surface area (Å²) in [5.41, 5.74) is 2.20. The Morgan fingerprint density at radius 2 is 1.68 bits per heavy atom. The molecule has 0 aliphatic heterocycles. The number of carbonyl (C=O) groups excluding carboxylic acids is 2. The van der Waals surface area contributed by atoms with Crippen LogP contribution >= 0.6 is 0 Å². The van der Waals surface area contributed by atoms with Crippen LogP contribution in [0.1, 0.15) is 26.6 Å². The number of hydrogen-bond donors (Lipinski definition) is 2. The molecule has 3 aromatic rings. The Morgan fingerprint density at radius 3 is 2.36 bits per heavy atom. The lowest BCUT2D eigenvalue weighted by molar-refractivity contribution is 0.0898. The minimum Gasteiger partial charge on any atom is -0.497 e. The molecule has 0 fully saturated rings. The Hall–Kier alpha value is -3.68. The van der Waals surface area contributed by atoms with Crippen molar-refractivity contribution in [2.45, 2.75) is 6.92 Å². The first kappa shape index (κ1) is 19.1. The Balaban J connectivity index is 1.49. The molecule has 0 saturated carbocycles. The highest BCUT2D eigenvalue weighted by Crippen LogP contribution is 2.19. The van der Waals surface area contributed by atoms with Crippen molar-refractivity contribution in [3.8, 4) is 17.1 Å².